The summed E-state index contributed by atoms with van der Waals surface area (Å²) in [6, 6.07) is 13.4. The molecule has 0 atom stereocenters. The number of ether oxygens (including phenoxy) is 1. The van der Waals surface area contributed by atoms with Crippen molar-refractivity contribution < 1.29 is 19.1 Å². The minimum absolute atomic E-state index is 0.212. The smallest absolute Gasteiger partial charge is 0.329 e. The second-order valence-electron chi connectivity index (χ2n) is 4.99. The first-order valence-electron chi connectivity index (χ1n) is 7.35. The molecule has 0 bridgehead atoms. The predicted molar refractivity (Wildman–Crippen MR) is 99.6 cm³/mol. The quantitative estimate of drug-likeness (QED) is 0.372. The second-order valence-corrected chi connectivity index (χ2v) is 5.90. The van der Waals surface area contributed by atoms with Crippen molar-refractivity contribution in [3.63, 3.8) is 0 Å². The summed E-state index contributed by atoms with van der Waals surface area (Å²) < 4.78 is 5.89. The number of primary amides is 1. The summed E-state index contributed by atoms with van der Waals surface area (Å²) in [5, 5.41) is 6.17. The monoisotopic (exact) mass is 418 g/mol. The van der Waals surface area contributed by atoms with Gasteiger partial charge in [0.25, 0.3) is 5.91 Å². The fourth-order valence-electron chi connectivity index (χ4n) is 1.77. The van der Waals surface area contributed by atoms with Crippen molar-refractivity contribution in [1.82, 2.24) is 5.43 Å². The molecule has 2 aromatic rings. The van der Waals surface area contributed by atoms with Gasteiger partial charge in [-0.1, -0.05) is 22.0 Å². The second kappa shape index (κ2) is 9.33. The van der Waals surface area contributed by atoms with E-state index in [4.69, 9.17) is 10.5 Å². The Morgan fingerprint density at radius 2 is 1.85 bits per heavy atom. The summed E-state index contributed by atoms with van der Waals surface area (Å²) in [5.74, 6) is -1.84. The molecule has 0 unspecified atom stereocenters. The molecule has 4 N–H and O–H groups in total. The van der Waals surface area contributed by atoms with Gasteiger partial charge in [0.15, 0.2) is 6.61 Å². The number of hydrogen-bond acceptors (Lipinski definition) is 5. The Morgan fingerprint density at radius 1 is 1.12 bits per heavy atom. The van der Waals surface area contributed by atoms with Crippen LogP contribution in [0.2, 0.25) is 0 Å². The van der Waals surface area contributed by atoms with E-state index in [9.17, 15) is 14.4 Å². The van der Waals surface area contributed by atoms with Gasteiger partial charge >= 0.3 is 11.8 Å². The van der Waals surface area contributed by atoms with E-state index in [1.165, 1.54) is 6.21 Å². The Hall–Kier alpha value is -3.20. The van der Waals surface area contributed by atoms with Crippen molar-refractivity contribution in [3.8, 4) is 5.75 Å². The lowest BCUT2D eigenvalue weighted by Crippen LogP contribution is -2.32. The first-order chi connectivity index (χ1) is 12.4. The molecule has 0 aromatic heterocycles. The van der Waals surface area contributed by atoms with E-state index in [0.717, 1.165) is 4.47 Å². The topological polar surface area (TPSA) is 123 Å². The first-order valence-corrected chi connectivity index (χ1v) is 8.14. The molecule has 9 heteroatoms. The summed E-state index contributed by atoms with van der Waals surface area (Å²) in [4.78, 5) is 34.1. The van der Waals surface area contributed by atoms with Crippen LogP contribution in [0.1, 0.15) is 5.56 Å². The van der Waals surface area contributed by atoms with E-state index in [-0.39, 0.29) is 6.61 Å². The van der Waals surface area contributed by atoms with Gasteiger partial charge < -0.3 is 15.8 Å². The number of nitrogens with one attached hydrogen (secondary N) is 2. The van der Waals surface area contributed by atoms with E-state index in [0.29, 0.717) is 17.0 Å². The molecule has 0 saturated heterocycles. The van der Waals surface area contributed by atoms with Gasteiger partial charge in [0.1, 0.15) is 5.75 Å². The normalized spacial score (nSPS) is 10.3. The highest BCUT2D eigenvalue weighted by Gasteiger charge is 2.12. The fraction of sp³-hybridized carbons (Fsp3) is 0.0588. The fourth-order valence-corrected chi connectivity index (χ4v) is 2.17. The molecule has 134 valence electrons. The van der Waals surface area contributed by atoms with Crippen molar-refractivity contribution in [2.24, 2.45) is 10.8 Å². The maximum atomic E-state index is 11.8. The SMILES string of the molecule is NC(=O)COc1ccc(/C=N/NC(=O)C(=O)Nc2cccc(Br)c2)cc1. The third kappa shape index (κ3) is 6.36. The molecule has 3 amide bonds. The molecule has 26 heavy (non-hydrogen) atoms. The van der Waals surface area contributed by atoms with Gasteiger partial charge in [-0.05, 0) is 48.0 Å². The average Bonchev–Trinajstić information content (AvgIpc) is 2.61. The standard InChI is InChI=1S/C17H15BrN4O4/c18-12-2-1-3-13(8-12)21-16(24)17(25)22-20-9-11-4-6-14(7-5-11)26-10-15(19)23/h1-9H,10H2,(H2,19,23)(H,21,24)(H,22,25)/b20-9+. The molecule has 0 heterocycles. The van der Waals surface area contributed by atoms with E-state index in [2.05, 4.69) is 31.8 Å². The third-order valence-electron chi connectivity index (χ3n) is 2.93. The molecule has 2 aromatic carbocycles. The van der Waals surface area contributed by atoms with E-state index >= 15 is 0 Å². The van der Waals surface area contributed by atoms with Crippen LogP contribution in [0, 0.1) is 0 Å². The average molecular weight is 419 g/mol. The number of hydrogen-bond donors (Lipinski definition) is 3. The van der Waals surface area contributed by atoms with Gasteiger partial charge in [-0.3, -0.25) is 14.4 Å². The molecule has 0 aliphatic heterocycles. The van der Waals surface area contributed by atoms with Crippen LogP contribution in [-0.2, 0) is 14.4 Å². The van der Waals surface area contributed by atoms with Crippen LogP contribution in [-0.4, -0.2) is 30.5 Å². The Morgan fingerprint density at radius 3 is 2.50 bits per heavy atom. The number of amides is 3. The van der Waals surface area contributed by atoms with Gasteiger partial charge in [0.2, 0.25) is 0 Å². The minimum Gasteiger partial charge on any atom is -0.484 e. The Balaban J connectivity index is 1.84. The van der Waals surface area contributed by atoms with Crippen LogP contribution in [0.15, 0.2) is 58.1 Å². The highest BCUT2D eigenvalue weighted by molar-refractivity contribution is 9.10. The zero-order valence-corrected chi connectivity index (χ0v) is 15.0. The van der Waals surface area contributed by atoms with Crippen LogP contribution in [0.25, 0.3) is 0 Å². The largest absolute Gasteiger partial charge is 0.484 e. The molecule has 2 rings (SSSR count). The summed E-state index contributed by atoms with van der Waals surface area (Å²) in [5.41, 5.74) is 8.26. The van der Waals surface area contributed by atoms with E-state index < -0.39 is 17.7 Å². The van der Waals surface area contributed by atoms with Crippen molar-refractivity contribution in [3.05, 3.63) is 58.6 Å². The van der Waals surface area contributed by atoms with Crippen LogP contribution < -0.4 is 21.2 Å². The Labute approximate surface area is 157 Å². The first kappa shape index (κ1) is 19.1. The maximum Gasteiger partial charge on any atom is 0.329 e. The predicted octanol–water partition coefficient (Wildman–Crippen LogP) is 1.40. The highest BCUT2D eigenvalue weighted by Crippen LogP contribution is 2.15. The molecule has 0 spiro atoms. The molecule has 8 nitrogen and oxygen atoms in total. The molecular formula is C17H15BrN4O4. The number of carbonyl (C=O) groups is 3. The lowest BCUT2D eigenvalue weighted by Gasteiger charge is -2.04. The van der Waals surface area contributed by atoms with Gasteiger partial charge in [-0.15, -0.1) is 0 Å². The summed E-state index contributed by atoms with van der Waals surface area (Å²) in [6.45, 7) is -0.212. The van der Waals surface area contributed by atoms with Crippen molar-refractivity contribution >= 4 is 45.6 Å². The summed E-state index contributed by atoms with van der Waals surface area (Å²) in [7, 11) is 0. The number of nitrogens with two attached hydrogens (primary N) is 1. The van der Waals surface area contributed by atoms with Crippen LogP contribution >= 0.6 is 15.9 Å². The lowest BCUT2D eigenvalue weighted by molar-refractivity contribution is -0.136. The molecular weight excluding hydrogens is 404 g/mol. The van der Waals surface area contributed by atoms with E-state index in [1.54, 1.807) is 48.5 Å². The van der Waals surface area contributed by atoms with Crippen LogP contribution in [0.5, 0.6) is 5.75 Å². The number of carbonyl (C=O) groups excluding carboxylic acids is 3. The van der Waals surface area contributed by atoms with Gasteiger partial charge in [-0.25, -0.2) is 5.43 Å². The zero-order chi connectivity index (χ0) is 18.9. The Bertz CT molecular complexity index is 837. The number of hydrazone groups is 1. The maximum absolute atomic E-state index is 11.8. The Kier molecular flexibility index (Phi) is 6.86. The van der Waals surface area contributed by atoms with Crippen molar-refractivity contribution in [1.29, 1.82) is 0 Å². The number of benzene rings is 2. The van der Waals surface area contributed by atoms with Gasteiger partial charge in [0.05, 0.1) is 6.21 Å². The molecule has 0 aliphatic rings. The number of halogens is 1. The zero-order valence-electron chi connectivity index (χ0n) is 13.4. The number of anilines is 1. The van der Waals surface area contributed by atoms with Crippen molar-refractivity contribution in [2.45, 2.75) is 0 Å². The molecule has 0 saturated carbocycles. The van der Waals surface area contributed by atoms with Gasteiger partial charge in [-0.2, -0.15) is 5.10 Å². The number of rotatable bonds is 6. The van der Waals surface area contributed by atoms with E-state index in [1.807, 2.05) is 0 Å². The lowest BCUT2D eigenvalue weighted by atomic mass is 10.2. The molecule has 0 aliphatic carbocycles. The molecule has 0 radical (unpaired) electrons. The summed E-state index contributed by atoms with van der Waals surface area (Å²) >= 11 is 3.27. The number of nitrogens with zero attached hydrogens (tertiary/aromatic N) is 1. The highest BCUT2D eigenvalue weighted by atomic mass is 79.9. The van der Waals surface area contributed by atoms with Gasteiger partial charge in [0, 0.05) is 10.2 Å². The summed E-state index contributed by atoms with van der Waals surface area (Å²) in [6.07, 6.45) is 1.36. The minimum atomic E-state index is -0.900. The molecule has 0 fully saturated rings. The third-order valence-corrected chi connectivity index (χ3v) is 3.42. The van der Waals surface area contributed by atoms with Crippen molar-refractivity contribution in [2.75, 3.05) is 11.9 Å². The van der Waals surface area contributed by atoms with Crippen LogP contribution in [0.4, 0.5) is 5.69 Å². The van der Waals surface area contributed by atoms with Crippen LogP contribution in [0.3, 0.4) is 0 Å².